The van der Waals surface area contributed by atoms with E-state index in [2.05, 4.69) is 19.8 Å². The number of methoxy groups -OCH3 is 1. The summed E-state index contributed by atoms with van der Waals surface area (Å²) < 4.78 is 37.0. The van der Waals surface area contributed by atoms with Crippen LogP contribution in [0.15, 0.2) is 45.0 Å². The van der Waals surface area contributed by atoms with Crippen LogP contribution in [0.2, 0.25) is 0 Å². The maximum Gasteiger partial charge on any atom is 0.342 e. The van der Waals surface area contributed by atoms with Crippen molar-refractivity contribution in [3.63, 3.8) is 0 Å². The second-order valence-electron chi connectivity index (χ2n) is 6.13. The van der Waals surface area contributed by atoms with Crippen LogP contribution in [0.5, 0.6) is 0 Å². The number of anilines is 2. The summed E-state index contributed by atoms with van der Waals surface area (Å²) in [5, 5.41) is 13.4. The van der Waals surface area contributed by atoms with E-state index in [9.17, 15) is 23.3 Å². The Morgan fingerprint density at radius 3 is 2.65 bits per heavy atom. The third-order valence-electron chi connectivity index (χ3n) is 4.01. The minimum Gasteiger partial charge on any atom is -0.465 e. The van der Waals surface area contributed by atoms with Gasteiger partial charge in [0.05, 0.1) is 24.1 Å². The van der Waals surface area contributed by atoms with Gasteiger partial charge in [0.2, 0.25) is 11.8 Å². The number of nitriles is 1. The number of nitrogens with zero attached hydrogens (tertiary/aromatic N) is 2. The van der Waals surface area contributed by atoms with E-state index in [1.165, 1.54) is 31.5 Å². The molecule has 0 saturated carbocycles. The molecule has 0 fully saturated rings. The van der Waals surface area contributed by atoms with Gasteiger partial charge in [-0.15, -0.1) is 11.3 Å². The van der Waals surface area contributed by atoms with Gasteiger partial charge in [-0.3, -0.25) is 14.8 Å². The average molecular weight is 460 g/mol. The van der Waals surface area contributed by atoms with Crippen LogP contribution >= 0.6 is 11.3 Å². The van der Waals surface area contributed by atoms with Crippen LogP contribution < -0.4 is 10.0 Å². The second kappa shape index (κ2) is 8.99. The Kier molecular flexibility index (Phi) is 6.38. The fourth-order valence-electron chi connectivity index (χ4n) is 2.63. The highest BCUT2D eigenvalue weighted by atomic mass is 32.2. The highest BCUT2D eigenvalue weighted by molar-refractivity contribution is 7.93. The van der Waals surface area contributed by atoms with E-state index in [4.69, 9.17) is 4.42 Å². The van der Waals surface area contributed by atoms with Crippen LogP contribution in [0.4, 0.5) is 11.0 Å². The number of thiazole rings is 1. The van der Waals surface area contributed by atoms with Crippen molar-refractivity contribution >= 4 is 44.3 Å². The molecule has 12 heteroatoms. The van der Waals surface area contributed by atoms with Gasteiger partial charge in [-0.05, 0) is 19.1 Å². The Balaban J connectivity index is 1.70. The van der Waals surface area contributed by atoms with Gasteiger partial charge in [0.15, 0.2) is 5.13 Å². The summed E-state index contributed by atoms with van der Waals surface area (Å²) in [5.41, 5.74) is 0.0992. The molecule has 3 aromatic rings. The normalized spacial score (nSPS) is 10.9. The first-order valence-corrected chi connectivity index (χ1v) is 11.1. The molecular weight excluding hydrogens is 444 g/mol. The van der Waals surface area contributed by atoms with E-state index in [0.29, 0.717) is 5.69 Å². The number of benzene rings is 1. The Hall–Kier alpha value is -3.69. The number of furan rings is 1. The quantitative estimate of drug-likeness (QED) is 0.511. The van der Waals surface area contributed by atoms with Crippen molar-refractivity contribution in [1.82, 2.24) is 4.98 Å². The van der Waals surface area contributed by atoms with Crippen LogP contribution in [-0.4, -0.2) is 32.4 Å². The third-order valence-corrected chi connectivity index (χ3v) is 6.30. The Labute approximate surface area is 181 Å². The first kappa shape index (κ1) is 22.0. The van der Waals surface area contributed by atoms with Gasteiger partial charge in [-0.1, -0.05) is 18.2 Å². The molecule has 0 aliphatic heterocycles. The standard InChI is InChI=1S/C19H16N4O6S2/c1-11-16(18(25)28-2)14(9-20)17(29-11)22-15(24)8-12-10-30-19(21-12)23-31(26,27)13-6-4-3-5-7-13/h3-7,10H,8H2,1-2H3,(H,21,23)(H,22,24). The predicted octanol–water partition coefficient (Wildman–Crippen LogP) is 2.68. The van der Waals surface area contributed by atoms with Crippen LogP contribution in [0, 0.1) is 18.3 Å². The number of ether oxygens (including phenoxy) is 1. The van der Waals surface area contributed by atoms with Crippen LogP contribution in [0.25, 0.3) is 0 Å². The van der Waals surface area contributed by atoms with E-state index < -0.39 is 21.9 Å². The summed E-state index contributed by atoms with van der Waals surface area (Å²) in [6.07, 6.45) is -0.207. The molecule has 0 aliphatic carbocycles. The summed E-state index contributed by atoms with van der Waals surface area (Å²) in [5.74, 6) is -1.37. The minimum atomic E-state index is -3.80. The summed E-state index contributed by atoms with van der Waals surface area (Å²) >= 11 is 1.02. The van der Waals surface area contributed by atoms with E-state index >= 15 is 0 Å². The van der Waals surface area contributed by atoms with Gasteiger partial charge in [0, 0.05) is 5.38 Å². The number of hydrogen-bond donors (Lipinski definition) is 2. The smallest absolute Gasteiger partial charge is 0.342 e. The summed E-state index contributed by atoms with van der Waals surface area (Å²) in [4.78, 5) is 28.4. The molecule has 3 rings (SSSR count). The predicted molar refractivity (Wildman–Crippen MR) is 111 cm³/mol. The largest absolute Gasteiger partial charge is 0.465 e. The van der Waals surface area contributed by atoms with Crippen molar-refractivity contribution in [3.05, 3.63) is 58.3 Å². The molecule has 10 nitrogen and oxygen atoms in total. The number of rotatable bonds is 7. The zero-order chi connectivity index (χ0) is 22.6. The van der Waals surface area contributed by atoms with Crippen LogP contribution in [-0.2, 0) is 26.0 Å². The molecule has 0 spiro atoms. The number of carbonyl (C=O) groups is 2. The number of aromatic nitrogens is 1. The zero-order valence-corrected chi connectivity index (χ0v) is 18.0. The number of sulfonamides is 1. The van der Waals surface area contributed by atoms with Crippen molar-refractivity contribution in [1.29, 1.82) is 5.26 Å². The van der Waals surface area contributed by atoms with Crippen molar-refractivity contribution in [2.75, 3.05) is 17.1 Å². The number of carbonyl (C=O) groups excluding carboxylic acids is 2. The Bertz CT molecular complexity index is 1270. The van der Waals surface area contributed by atoms with Crippen molar-refractivity contribution in [2.24, 2.45) is 0 Å². The van der Waals surface area contributed by atoms with E-state index in [1.807, 2.05) is 6.07 Å². The number of hydrogen-bond acceptors (Lipinski definition) is 9. The average Bonchev–Trinajstić information content (AvgIpc) is 3.30. The lowest BCUT2D eigenvalue weighted by atomic mass is 10.1. The molecule has 0 bridgehead atoms. The second-order valence-corrected chi connectivity index (χ2v) is 8.67. The lowest BCUT2D eigenvalue weighted by Gasteiger charge is -2.04. The van der Waals surface area contributed by atoms with Gasteiger partial charge in [0.25, 0.3) is 10.0 Å². The molecule has 2 aromatic heterocycles. The fraction of sp³-hybridized carbons (Fsp3) is 0.158. The van der Waals surface area contributed by atoms with Gasteiger partial charge >= 0.3 is 5.97 Å². The maximum atomic E-state index is 12.4. The summed E-state index contributed by atoms with van der Waals surface area (Å²) in [6.45, 7) is 1.47. The lowest BCUT2D eigenvalue weighted by molar-refractivity contribution is -0.115. The molecule has 1 aromatic carbocycles. The van der Waals surface area contributed by atoms with Crippen LogP contribution in [0.1, 0.15) is 27.4 Å². The van der Waals surface area contributed by atoms with Gasteiger partial charge in [-0.2, -0.15) is 5.26 Å². The Morgan fingerprint density at radius 1 is 1.29 bits per heavy atom. The molecule has 0 unspecified atom stereocenters. The first-order valence-electron chi connectivity index (χ1n) is 8.69. The highest BCUT2D eigenvalue weighted by Crippen LogP contribution is 2.27. The van der Waals surface area contributed by atoms with Gasteiger partial charge in [-0.25, -0.2) is 18.2 Å². The Morgan fingerprint density at radius 2 is 2.00 bits per heavy atom. The zero-order valence-electron chi connectivity index (χ0n) is 16.3. The van der Waals surface area contributed by atoms with Crippen LogP contribution in [0.3, 0.4) is 0 Å². The topological polar surface area (TPSA) is 151 Å². The number of nitrogens with one attached hydrogen (secondary N) is 2. The molecule has 0 aliphatic rings. The van der Waals surface area contributed by atoms with Crippen molar-refractivity contribution < 1.29 is 27.2 Å². The van der Waals surface area contributed by atoms with E-state index in [-0.39, 0.29) is 39.2 Å². The SMILES string of the molecule is COC(=O)c1c(C)oc(NC(=O)Cc2csc(NS(=O)(=O)c3ccccc3)n2)c1C#N. The molecular formula is C19H16N4O6S2. The molecule has 1 amide bonds. The number of amides is 1. The van der Waals surface area contributed by atoms with E-state index in [1.54, 1.807) is 18.2 Å². The molecule has 0 saturated heterocycles. The van der Waals surface area contributed by atoms with E-state index in [0.717, 1.165) is 11.3 Å². The first-order chi connectivity index (χ1) is 14.7. The van der Waals surface area contributed by atoms with Gasteiger partial charge < -0.3 is 9.15 Å². The molecule has 160 valence electrons. The third kappa shape index (κ3) is 4.90. The summed E-state index contributed by atoms with van der Waals surface area (Å²) in [7, 11) is -2.63. The fourth-order valence-corrected chi connectivity index (χ4v) is 4.62. The van der Waals surface area contributed by atoms with Crippen molar-refractivity contribution in [2.45, 2.75) is 18.2 Å². The minimum absolute atomic E-state index is 0.0634. The maximum absolute atomic E-state index is 12.4. The molecule has 2 heterocycles. The molecule has 0 atom stereocenters. The molecule has 2 N–H and O–H groups in total. The van der Waals surface area contributed by atoms with Crippen molar-refractivity contribution in [3.8, 4) is 6.07 Å². The number of esters is 1. The highest BCUT2D eigenvalue weighted by Gasteiger charge is 2.25. The number of aryl methyl sites for hydroxylation is 1. The summed E-state index contributed by atoms with van der Waals surface area (Å²) in [6, 6.07) is 9.62. The monoisotopic (exact) mass is 460 g/mol. The van der Waals surface area contributed by atoms with Gasteiger partial charge in [0.1, 0.15) is 23.0 Å². The molecule has 0 radical (unpaired) electrons. The molecule has 31 heavy (non-hydrogen) atoms. The lowest BCUT2D eigenvalue weighted by Crippen LogP contribution is -2.16.